The number of carbonyl (C=O) groups is 5. The van der Waals surface area contributed by atoms with Crippen molar-refractivity contribution in [3.63, 3.8) is 0 Å². The lowest BCUT2D eigenvalue weighted by molar-refractivity contribution is -0.136. The molecule has 0 bridgehead atoms. The van der Waals surface area contributed by atoms with Gasteiger partial charge in [0.2, 0.25) is 17.8 Å². The molecule has 1 fully saturated rings. The van der Waals surface area contributed by atoms with E-state index in [9.17, 15) is 24.0 Å². The lowest BCUT2D eigenvalue weighted by Gasteiger charge is -2.27. The average molecular weight is 688 g/mol. The van der Waals surface area contributed by atoms with Crippen LogP contribution in [-0.4, -0.2) is 71.8 Å². The molecule has 2 aliphatic heterocycles. The number of unbranched alkanes of at least 4 members (excludes halogenated alkanes) is 2. The summed E-state index contributed by atoms with van der Waals surface area (Å²) in [6, 6.07) is 13.2. The fraction of sp³-hybridized carbons (Fsp3) is 0.297. The molecule has 51 heavy (non-hydrogen) atoms. The average Bonchev–Trinajstić information content (AvgIpc) is 3.86. The third-order valence-corrected chi connectivity index (χ3v) is 9.14. The van der Waals surface area contributed by atoms with Crippen molar-refractivity contribution in [3.8, 4) is 11.3 Å². The van der Waals surface area contributed by atoms with Crippen molar-refractivity contribution in [1.29, 1.82) is 0 Å². The highest BCUT2D eigenvalue weighted by atomic mass is 16.2. The Hall–Kier alpha value is -6.18. The lowest BCUT2D eigenvalue weighted by Crippen LogP contribution is -2.54. The van der Waals surface area contributed by atoms with Crippen molar-refractivity contribution in [1.82, 2.24) is 40.3 Å². The standard InChI is InChI=1S/C37H37N9O5/c1-2-19-45-21-24(20-40-45)31-27-16-18-38-32(27)44-37(43-31)41-25-12-10-23(11-13-25)33(48)39-17-5-3-4-7-22-8-6-9-26-30(22)36(51)46(35(26)50)28-14-15-29(47)42-34(28)49/h6,8-13,16,18,20-21,28H,2-5,7,14-15,17,19H2,1H3,(H,39,48)(H,42,47,49)(H2,38,41,43,44). The van der Waals surface area contributed by atoms with Gasteiger partial charge in [0.05, 0.1) is 23.0 Å². The predicted molar refractivity (Wildman–Crippen MR) is 188 cm³/mol. The van der Waals surface area contributed by atoms with Gasteiger partial charge in [-0.25, -0.2) is 4.98 Å². The molecule has 2 aromatic carbocycles. The summed E-state index contributed by atoms with van der Waals surface area (Å²) in [5.74, 6) is -1.81. The maximum Gasteiger partial charge on any atom is 0.262 e. The number of aromatic amines is 1. The van der Waals surface area contributed by atoms with Crippen molar-refractivity contribution in [2.45, 2.75) is 64.5 Å². The van der Waals surface area contributed by atoms with Gasteiger partial charge in [-0.1, -0.05) is 25.5 Å². The third kappa shape index (κ3) is 6.84. The summed E-state index contributed by atoms with van der Waals surface area (Å²) in [6.07, 6.45) is 9.62. The number of piperidine rings is 1. The number of rotatable bonds is 13. The Labute approximate surface area is 293 Å². The minimum atomic E-state index is -0.992. The number of benzene rings is 2. The molecular weight excluding hydrogens is 650 g/mol. The van der Waals surface area contributed by atoms with Gasteiger partial charge < -0.3 is 15.6 Å². The van der Waals surface area contributed by atoms with E-state index in [1.165, 1.54) is 0 Å². The molecule has 2 aliphatic rings. The second-order valence-electron chi connectivity index (χ2n) is 12.7. The van der Waals surface area contributed by atoms with E-state index >= 15 is 0 Å². The summed E-state index contributed by atoms with van der Waals surface area (Å²) in [4.78, 5) is 76.7. The van der Waals surface area contributed by atoms with Crippen molar-refractivity contribution in [3.05, 3.63) is 89.4 Å². The van der Waals surface area contributed by atoms with Crippen LogP contribution in [0.5, 0.6) is 0 Å². The zero-order valence-electron chi connectivity index (χ0n) is 28.1. The Morgan fingerprint density at radius 3 is 2.63 bits per heavy atom. The van der Waals surface area contributed by atoms with Crippen LogP contribution in [0.4, 0.5) is 11.6 Å². The van der Waals surface area contributed by atoms with Gasteiger partial charge in [0, 0.05) is 54.1 Å². The quantitative estimate of drug-likeness (QED) is 0.102. The zero-order chi connectivity index (χ0) is 35.5. The lowest BCUT2D eigenvalue weighted by atomic mass is 9.98. The highest BCUT2D eigenvalue weighted by Gasteiger charge is 2.45. The van der Waals surface area contributed by atoms with Crippen LogP contribution in [0.15, 0.2) is 67.1 Å². The first-order valence-electron chi connectivity index (χ1n) is 17.2. The molecule has 260 valence electrons. The minimum absolute atomic E-state index is 0.0752. The van der Waals surface area contributed by atoms with Crippen LogP contribution in [-0.2, 0) is 22.6 Å². The predicted octanol–water partition coefficient (Wildman–Crippen LogP) is 4.52. The van der Waals surface area contributed by atoms with E-state index in [0.717, 1.165) is 65.0 Å². The molecule has 1 unspecified atom stereocenters. The van der Waals surface area contributed by atoms with Crippen LogP contribution in [0.1, 0.15) is 82.1 Å². The molecule has 7 rings (SSSR count). The van der Waals surface area contributed by atoms with Gasteiger partial charge in [0.15, 0.2) is 0 Å². The van der Waals surface area contributed by atoms with Crippen molar-refractivity contribution in [2.24, 2.45) is 0 Å². The third-order valence-electron chi connectivity index (χ3n) is 9.14. The molecule has 0 radical (unpaired) electrons. The Bertz CT molecular complexity index is 2150. The highest BCUT2D eigenvalue weighted by molar-refractivity contribution is 6.24. The number of hydrogen-bond acceptors (Lipinski definition) is 9. The number of H-pyrrole nitrogens is 1. The number of nitrogens with zero attached hydrogens (tertiary/aromatic N) is 5. The van der Waals surface area contributed by atoms with Crippen LogP contribution < -0.4 is 16.0 Å². The number of hydrogen-bond donors (Lipinski definition) is 4. The van der Waals surface area contributed by atoms with Crippen LogP contribution in [0.3, 0.4) is 0 Å². The molecule has 14 heteroatoms. The molecule has 4 N–H and O–H groups in total. The Morgan fingerprint density at radius 2 is 1.82 bits per heavy atom. The smallest absolute Gasteiger partial charge is 0.262 e. The van der Waals surface area contributed by atoms with Crippen LogP contribution in [0.2, 0.25) is 0 Å². The molecule has 1 saturated heterocycles. The summed E-state index contributed by atoms with van der Waals surface area (Å²) in [5, 5.41) is 13.8. The Kier molecular flexibility index (Phi) is 9.38. The first-order valence-corrected chi connectivity index (χ1v) is 17.2. The maximum atomic E-state index is 13.3. The van der Waals surface area contributed by atoms with E-state index < -0.39 is 29.7 Å². The van der Waals surface area contributed by atoms with Crippen molar-refractivity contribution in [2.75, 3.05) is 11.9 Å². The molecule has 14 nitrogen and oxygen atoms in total. The summed E-state index contributed by atoms with van der Waals surface area (Å²) in [6.45, 7) is 3.41. The van der Waals surface area contributed by atoms with Gasteiger partial charge in [-0.05, 0) is 74.1 Å². The molecule has 0 aliphatic carbocycles. The van der Waals surface area contributed by atoms with E-state index in [0.29, 0.717) is 35.7 Å². The molecule has 5 heterocycles. The maximum absolute atomic E-state index is 13.3. The fourth-order valence-electron chi connectivity index (χ4n) is 6.60. The van der Waals surface area contributed by atoms with Crippen molar-refractivity contribution < 1.29 is 24.0 Å². The Balaban J connectivity index is 0.895. The fourth-order valence-corrected chi connectivity index (χ4v) is 6.60. The first kappa shape index (κ1) is 33.3. The second kappa shape index (κ2) is 14.4. The van der Waals surface area contributed by atoms with Gasteiger partial charge in [-0.15, -0.1) is 0 Å². The SMILES string of the molecule is CCCn1cc(-c2nc(Nc3ccc(C(=O)NCCCCCc4cccc5c4C(=O)N(C4CCC(=O)NC4=O)C5=O)cc3)nc3[nH]ccc23)cn1. The summed E-state index contributed by atoms with van der Waals surface area (Å²) in [7, 11) is 0. The number of nitrogens with one attached hydrogen (secondary N) is 4. The normalized spacial score (nSPS) is 15.7. The van der Waals surface area contributed by atoms with Gasteiger partial charge in [-0.3, -0.25) is 38.9 Å². The molecule has 3 aromatic heterocycles. The molecule has 5 aromatic rings. The Morgan fingerprint density at radius 1 is 0.980 bits per heavy atom. The monoisotopic (exact) mass is 687 g/mol. The number of aryl methyl sites for hydroxylation is 2. The van der Waals surface area contributed by atoms with Crippen LogP contribution >= 0.6 is 0 Å². The topological polar surface area (TPSA) is 184 Å². The molecular formula is C37H37N9O5. The van der Waals surface area contributed by atoms with Gasteiger partial charge >= 0.3 is 0 Å². The molecule has 0 saturated carbocycles. The van der Waals surface area contributed by atoms with Gasteiger partial charge in [0.1, 0.15) is 11.7 Å². The second-order valence-corrected chi connectivity index (χ2v) is 12.7. The molecule has 5 amide bonds. The molecule has 1 atom stereocenters. The number of anilines is 2. The van der Waals surface area contributed by atoms with Gasteiger partial charge in [0.25, 0.3) is 17.7 Å². The van der Waals surface area contributed by atoms with E-state index in [4.69, 9.17) is 4.98 Å². The summed E-state index contributed by atoms with van der Waals surface area (Å²) in [5.41, 5.74) is 4.99. The minimum Gasteiger partial charge on any atom is -0.352 e. The summed E-state index contributed by atoms with van der Waals surface area (Å²) < 4.78 is 1.90. The van der Waals surface area contributed by atoms with Crippen molar-refractivity contribution >= 4 is 52.2 Å². The van der Waals surface area contributed by atoms with Crippen LogP contribution in [0.25, 0.3) is 22.3 Å². The summed E-state index contributed by atoms with van der Waals surface area (Å²) >= 11 is 0. The van der Waals surface area contributed by atoms with E-state index in [-0.39, 0.29) is 24.3 Å². The number of amides is 5. The van der Waals surface area contributed by atoms with E-state index in [1.54, 1.807) is 24.3 Å². The van der Waals surface area contributed by atoms with E-state index in [2.05, 4.69) is 37.9 Å². The number of fused-ring (bicyclic) bond motifs is 2. The number of aromatic nitrogens is 5. The number of imide groups is 2. The zero-order valence-corrected chi connectivity index (χ0v) is 28.1. The van der Waals surface area contributed by atoms with Gasteiger partial charge in [-0.2, -0.15) is 10.1 Å². The largest absolute Gasteiger partial charge is 0.352 e. The first-order chi connectivity index (χ1) is 24.8. The van der Waals surface area contributed by atoms with E-state index in [1.807, 2.05) is 47.5 Å². The highest BCUT2D eigenvalue weighted by Crippen LogP contribution is 2.31. The van der Waals surface area contributed by atoms with Crippen LogP contribution in [0, 0.1) is 0 Å². The molecule has 0 spiro atoms. The number of carbonyl (C=O) groups excluding carboxylic acids is 5.